The van der Waals surface area contributed by atoms with E-state index in [0.717, 1.165) is 32.1 Å². The number of hydrogen-bond donors (Lipinski definition) is 1. The quantitative estimate of drug-likeness (QED) is 0.486. The molecule has 3 saturated carbocycles. The Labute approximate surface area is 191 Å². The fourth-order valence-electron chi connectivity index (χ4n) is 9.11. The molecule has 31 heavy (non-hydrogen) atoms. The average Bonchev–Trinajstić information content (AvgIpc) is 2.95. The highest BCUT2D eigenvalue weighted by Crippen LogP contribution is 2.68. The van der Waals surface area contributed by atoms with Crippen LogP contribution in [-0.4, -0.2) is 17.0 Å². The summed E-state index contributed by atoms with van der Waals surface area (Å²) >= 11 is 0. The molecule has 4 aliphatic carbocycles. The van der Waals surface area contributed by atoms with Crippen molar-refractivity contribution < 1.29 is 9.90 Å². The van der Waals surface area contributed by atoms with Crippen LogP contribution in [0.4, 0.5) is 0 Å². The van der Waals surface area contributed by atoms with Crippen LogP contribution in [-0.2, 0) is 4.79 Å². The molecule has 174 valence electrons. The molecule has 0 aliphatic heterocycles. The molecule has 0 amide bonds. The number of allylic oxidation sites excluding steroid dienone is 4. The van der Waals surface area contributed by atoms with Crippen molar-refractivity contribution in [3.8, 4) is 0 Å². The first-order valence-electron chi connectivity index (χ1n) is 13.0. The fourth-order valence-corrected chi connectivity index (χ4v) is 9.11. The van der Waals surface area contributed by atoms with E-state index < -0.39 is 0 Å². The highest BCUT2D eigenvalue weighted by Gasteiger charge is 2.63. The Bertz CT molecular complexity index is 785. The molecule has 0 aromatic carbocycles. The number of hydrogen-bond acceptors (Lipinski definition) is 2. The molecule has 0 aromatic heterocycles. The second kappa shape index (κ2) is 7.86. The minimum Gasteiger partial charge on any atom is -0.393 e. The molecule has 0 unspecified atom stereocenters. The summed E-state index contributed by atoms with van der Waals surface area (Å²) < 4.78 is 0. The van der Waals surface area contributed by atoms with Crippen molar-refractivity contribution in [2.24, 2.45) is 45.8 Å². The van der Waals surface area contributed by atoms with Gasteiger partial charge in [-0.2, -0.15) is 0 Å². The smallest absolute Gasteiger partial charge is 0.142 e. The Morgan fingerprint density at radius 2 is 1.90 bits per heavy atom. The van der Waals surface area contributed by atoms with Gasteiger partial charge < -0.3 is 5.11 Å². The maximum absolute atomic E-state index is 12.7. The molecule has 4 rings (SSSR count). The van der Waals surface area contributed by atoms with Crippen LogP contribution < -0.4 is 0 Å². The molecule has 2 nitrogen and oxygen atoms in total. The summed E-state index contributed by atoms with van der Waals surface area (Å²) in [5.41, 5.74) is 2.96. The molecule has 0 spiro atoms. The van der Waals surface area contributed by atoms with Crippen molar-refractivity contribution in [3.63, 3.8) is 0 Å². The largest absolute Gasteiger partial charge is 0.393 e. The van der Waals surface area contributed by atoms with Gasteiger partial charge >= 0.3 is 0 Å². The molecule has 0 aromatic rings. The van der Waals surface area contributed by atoms with Crippen molar-refractivity contribution in [3.05, 3.63) is 23.3 Å². The fraction of sp³-hybridized carbons (Fsp3) is 0.828. The first-order chi connectivity index (χ1) is 14.4. The second-order valence-corrected chi connectivity index (χ2v) is 12.9. The van der Waals surface area contributed by atoms with Gasteiger partial charge in [-0.15, -0.1) is 0 Å². The molecule has 3 fully saturated rings. The van der Waals surface area contributed by atoms with E-state index in [1.807, 2.05) is 0 Å². The van der Waals surface area contributed by atoms with Gasteiger partial charge in [0, 0.05) is 11.8 Å². The zero-order valence-corrected chi connectivity index (χ0v) is 21.1. The number of rotatable bonds is 4. The molecule has 0 bridgehead atoms. The van der Waals surface area contributed by atoms with Crippen LogP contribution in [0.15, 0.2) is 23.3 Å². The van der Waals surface area contributed by atoms with E-state index in [4.69, 9.17) is 0 Å². The first kappa shape index (κ1) is 23.3. The van der Waals surface area contributed by atoms with Gasteiger partial charge in [-0.05, 0) is 113 Å². The van der Waals surface area contributed by atoms with Gasteiger partial charge in [0.15, 0.2) is 0 Å². The lowest BCUT2D eigenvalue weighted by Crippen LogP contribution is -2.53. The topological polar surface area (TPSA) is 37.3 Å². The Balaban J connectivity index is 1.60. The van der Waals surface area contributed by atoms with Crippen LogP contribution in [0.3, 0.4) is 0 Å². The normalized spacial score (nSPS) is 44.6. The average molecular weight is 427 g/mol. The second-order valence-electron chi connectivity index (χ2n) is 12.9. The van der Waals surface area contributed by atoms with Gasteiger partial charge in [0.25, 0.3) is 0 Å². The summed E-state index contributed by atoms with van der Waals surface area (Å²) in [6.07, 6.45) is 13.3. The first-order valence-corrected chi connectivity index (χ1v) is 13.0. The predicted octanol–water partition coefficient (Wildman–Crippen LogP) is 7.12. The lowest BCUT2D eigenvalue weighted by Gasteiger charge is -2.60. The summed E-state index contributed by atoms with van der Waals surface area (Å²) in [4.78, 5) is 12.7. The number of aliphatic hydroxyl groups excluding tert-OH is 1. The van der Waals surface area contributed by atoms with Crippen molar-refractivity contribution in [2.75, 3.05) is 0 Å². The highest BCUT2D eigenvalue weighted by molar-refractivity contribution is 5.89. The van der Waals surface area contributed by atoms with E-state index in [0.29, 0.717) is 35.4 Å². The summed E-state index contributed by atoms with van der Waals surface area (Å²) in [5.74, 6) is 3.37. The number of fused-ring (bicyclic) bond motifs is 5. The van der Waals surface area contributed by atoms with Crippen LogP contribution in [0, 0.1) is 45.8 Å². The SMILES string of the molecule is CC(C)=CCC[C@@H](C)[C@H]1[C@@H](O)C[C@H]2[C@@H]3CC=C4C(C)(C)C(=O)CC[C@]4(C)[C@H]3CC[C@]12C. The molecule has 4 aliphatic rings. The lowest BCUT2D eigenvalue weighted by molar-refractivity contribution is -0.132. The third kappa shape index (κ3) is 3.51. The Morgan fingerprint density at radius 1 is 1.19 bits per heavy atom. The summed E-state index contributed by atoms with van der Waals surface area (Å²) in [6.45, 7) is 16.1. The highest BCUT2D eigenvalue weighted by atomic mass is 16.3. The van der Waals surface area contributed by atoms with Gasteiger partial charge in [-0.1, -0.05) is 44.1 Å². The molecule has 0 radical (unpaired) electrons. The van der Waals surface area contributed by atoms with E-state index in [1.165, 1.54) is 30.4 Å². The molecule has 8 atom stereocenters. The number of carbonyl (C=O) groups is 1. The van der Waals surface area contributed by atoms with Crippen molar-refractivity contribution in [2.45, 2.75) is 106 Å². The van der Waals surface area contributed by atoms with Gasteiger partial charge in [-0.3, -0.25) is 4.79 Å². The van der Waals surface area contributed by atoms with Gasteiger partial charge in [0.05, 0.1) is 6.10 Å². The maximum Gasteiger partial charge on any atom is 0.142 e. The number of carbonyl (C=O) groups excluding carboxylic acids is 1. The van der Waals surface area contributed by atoms with E-state index in [2.05, 4.69) is 60.6 Å². The zero-order valence-electron chi connectivity index (χ0n) is 21.1. The Kier molecular flexibility index (Phi) is 5.90. The van der Waals surface area contributed by atoms with Crippen LogP contribution in [0.2, 0.25) is 0 Å². The minimum atomic E-state index is -0.296. The van der Waals surface area contributed by atoms with Gasteiger partial charge in [0.2, 0.25) is 0 Å². The van der Waals surface area contributed by atoms with E-state index >= 15 is 0 Å². The van der Waals surface area contributed by atoms with Crippen LogP contribution in [0.25, 0.3) is 0 Å². The van der Waals surface area contributed by atoms with Crippen LogP contribution in [0.5, 0.6) is 0 Å². The molecule has 0 heterocycles. The Morgan fingerprint density at radius 3 is 2.58 bits per heavy atom. The predicted molar refractivity (Wildman–Crippen MR) is 129 cm³/mol. The molecular formula is C29H46O2. The van der Waals surface area contributed by atoms with E-state index in [9.17, 15) is 9.90 Å². The van der Waals surface area contributed by atoms with Crippen LogP contribution >= 0.6 is 0 Å². The third-order valence-electron chi connectivity index (χ3n) is 10.6. The van der Waals surface area contributed by atoms with Crippen molar-refractivity contribution in [1.29, 1.82) is 0 Å². The molecule has 2 heteroatoms. The standard InChI is InChI=1S/C29H46O2/c1-18(2)9-8-10-19(3)26-23(30)17-22-20-11-12-24-27(4,5)25(31)14-16-28(24,6)21(20)13-15-29(22,26)7/h9,12,19-23,26,30H,8,10-11,13-17H2,1-7H3/t19-,20-,21+,22+,23+,26+,28-,29+/m1/s1. The number of aliphatic hydroxyl groups is 1. The number of Topliss-reactive ketones (excluding diaryl/α,β-unsaturated/α-hetero) is 1. The minimum absolute atomic E-state index is 0.155. The van der Waals surface area contributed by atoms with E-state index in [1.54, 1.807) is 0 Å². The zero-order chi connectivity index (χ0) is 22.8. The monoisotopic (exact) mass is 426 g/mol. The summed E-state index contributed by atoms with van der Waals surface area (Å²) in [7, 11) is 0. The van der Waals surface area contributed by atoms with Crippen molar-refractivity contribution in [1.82, 2.24) is 0 Å². The lowest BCUT2D eigenvalue weighted by atomic mass is 9.44. The Hall–Kier alpha value is -0.890. The molecular weight excluding hydrogens is 380 g/mol. The maximum atomic E-state index is 12.7. The molecule has 0 saturated heterocycles. The van der Waals surface area contributed by atoms with Crippen molar-refractivity contribution >= 4 is 5.78 Å². The number of ketones is 1. The summed E-state index contributed by atoms with van der Waals surface area (Å²) in [5, 5.41) is 11.3. The van der Waals surface area contributed by atoms with Gasteiger partial charge in [-0.25, -0.2) is 0 Å². The van der Waals surface area contributed by atoms with E-state index in [-0.39, 0.29) is 22.3 Å². The van der Waals surface area contributed by atoms with Crippen LogP contribution in [0.1, 0.15) is 99.8 Å². The molecule has 1 N–H and O–H groups in total. The summed E-state index contributed by atoms with van der Waals surface area (Å²) in [6, 6.07) is 0. The van der Waals surface area contributed by atoms with Gasteiger partial charge in [0.1, 0.15) is 5.78 Å². The third-order valence-corrected chi connectivity index (χ3v) is 10.6.